The SMILES string of the molecule is Cc1cc(C(=O)O)cc(N2c3ccccc3CCC2C)n1. The summed E-state index contributed by atoms with van der Waals surface area (Å²) in [5.74, 6) is -0.202. The monoisotopic (exact) mass is 282 g/mol. The van der Waals surface area contributed by atoms with Crippen molar-refractivity contribution < 1.29 is 9.90 Å². The summed E-state index contributed by atoms with van der Waals surface area (Å²) in [6.45, 7) is 3.98. The van der Waals surface area contributed by atoms with Crippen molar-refractivity contribution in [2.45, 2.75) is 32.7 Å². The Kier molecular flexibility index (Phi) is 3.37. The number of aromatic carboxylic acids is 1. The Balaban J connectivity index is 2.13. The highest BCUT2D eigenvalue weighted by Gasteiger charge is 2.25. The van der Waals surface area contributed by atoms with E-state index in [1.165, 1.54) is 5.56 Å². The smallest absolute Gasteiger partial charge is 0.335 e. The highest BCUT2D eigenvalue weighted by molar-refractivity contribution is 5.89. The van der Waals surface area contributed by atoms with Gasteiger partial charge in [0.25, 0.3) is 0 Å². The van der Waals surface area contributed by atoms with Crippen LogP contribution in [0.1, 0.15) is 35.0 Å². The first kappa shape index (κ1) is 13.6. The molecule has 1 aromatic heterocycles. The van der Waals surface area contributed by atoms with Crippen LogP contribution in [0.4, 0.5) is 11.5 Å². The van der Waals surface area contributed by atoms with Gasteiger partial charge in [-0.2, -0.15) is 0 Å². The number of aryl methyl sites for hydroxylation is 2. The van der Waals surface area contributed by atoms with Crippen molar-refractivity contribution in [2.24, 2.45) is 0 Å². The van der Waals surface area contributed by atoms with E-state index < -0.39 is 5.97 Å². The summed E-state index contributed by atoms with van der Waals surface area (Å²) in [4.78, 5) is 18.0. The minimum atomic E-state index is -0.917. The molecule has 1 aliphatic rings. The lowest BCUT2D eigenvalue weighted by Crippen LogP contribution is -2.34. The van der Waals surface area contributed by atoms with Gasteiger partial charge in [0.05, 0.1) is 5.56 Å². The van der Waals surface area contributed by atoms with E-state index in [0.29, 0.717) is 11.9 Å². The molecule has 2 aromatic rings. The fraction of sp³-hybridized carbons (Fsp3) is 0.294. The van der Waals surface area contributed by atoms with Crippen molar-refractivity contribution in [2.75, 3.05) is 4.90 Å². The summed E-state index contributed by atoms with van der Waals surface area (Å²) < 4.78 is 0. The summed E-state index contributed by atoms with van der Waals surface area (Å²) in [5, 5.41) is 9.25. The highest BCUT2D eigenvalue weighted by Crippen LogP contribution is 2.36. The van der Waals surface area contributed by atoms with Gasteiger partial charge in [-0.15, -0.1) is 0 Å². The molecule has 0 bridgehead atoms. The van der Waals surface area contributed by atoms with Crippen molar-refractivity contribution in [1.29, 1.82) is 0 Å². The lowest BCUT2D eigenvalue weighted by atomic mass is 9.96. The fourth-order valence-corrected chi connectivity index (χ4v) is 2.94. The molecule has 3 rings (SSSR count). The van der Waals surface area contributed by atoms with E-state index >= 15 is 0 Å². The standard InChI is InChI=1S/C17H18N2O2/c1-11-9-14(17(20)21)10-16(18-11)19-12(2)7-8-13-5-3-4-6-15(13)19/h3-6,9-10,12H,7-8H2,1-2H3,(H,20,21). The van der Waals surface area contributed by atoms with Crippen LogP contribution in [-0.4, -0.2) is 22.1 Å². The van der Waals surface area contributed by atoms with Crippen molar-refractivity contribution in [3.8, 4) is 0 Å². The van der Waals surface area contributed by atoms with E-state index in [4.69, 9.17) is 0 Å². The average Bonchev–Trinajstić information content (AvgIpc) is 2.46. The third-order valence-corrected chi connectivity index (χ3v) is 3.96. The number of aromatic nitrogens is 1. The zero-order valence-electron chi connectivity index (χ0n) is 12.2. The molecule has 0 fully saturated rings. The van der Waals surface area contributed by atoms with Gasteiger partial charge >= 0.3 is 5.97 Å². The van der Waals surface area contributed by atoms with Gasteiger partial charge in [0.1, 0.15) is 5.82 Å². The van der Waals surface area contributed by atoms with E-state index in [2.05, 4.69) is 28.9 Å². The van der Waals surface area contributed by atoms with Gasteiger partial charge in [0.15, 0.2) is 0 Å². The minimum absolute atomic E-state index is 0.285. The largest absolute Gasteiger partial charge is 0.478 e. The van der Waals surface area contributed by atoms with E-state index in [9.17, 15) is 9.90 Å². The van der Waals surface area contributed by atoms with Crippen LogP contribution in [-0.2, 0) is 6.42 Å². The number of hydrogen-bond donors (Lipinski definition) is 1. The molecule has 0 saturated carbocycles. The second-order valence-electron chi connectivity index (χ2n) is 5.55. The molecule has 1 aromatic carbocycles. The molecule has 21 heavy (non-hydrogen) atoms. The molecule has 1 atom stereocenters. The lowest BCUT2D eigenvalue weighted by Gasteiger charge is -2.36. The second-order valence-corrected chi connectivity index (χ2v) is 5.55. The molecule has 0 aliphatic carbocycles. The maximum absolute atomic E-state index is 11.3. The van der Waals surface area contributed by atoms with E-state index in [-0.39, 0.29) is 5.56 Å². The summed E-state index contributed by atoms with van der Waals surface area (Å²) in [6.07, 6.45) is 2.08. The van der Waals surface area contributed by atoms with Gasteiger partial charge < -0.3 is 10.0 Å². The van der Waals surface area contributed by atoms with Crippen LogP contribution in [0.15, 0.2) is 36.4 Å². The first-order valence-electron chi connectivity index (χ1n) is 7.15. The molecule has 0 spiro atoms. The lowest BCUT2D eigenvalue weighted by molar-refractivity contribution is 0.0696. The number of carboxylic acids is 1. The molecule has 108 valence electrons. The number of hydrogen-bond acceptors (Lipinski definition) is 3. The molecule has 4 nitrogen and oxygen atoms in total. The van der Waals surface area contributed by atoms with Crippen LogP contribution in [0.5, 0.6) is 0 Å². The summed E-state index contributed by atoms with van der Waals surface area (Å²) >= 11 is 0. The number of benzene rings is 1. The van der Waals surface area contributed by atoms with Crippen molar-refractivity contribution in [1.82, 2.24) is 4.98 Å². The summed E-state index contributed by atoms with van der Waals surface area (Å²) in [5.41, 5.74) is 3.43. The Morgan fingerprint density at radius 3 is 2.86 bits per heavy atom. The van der Waals surface area contributed by atoms with Crippen LogP contribution in [0.2, 0.25) is 0 Å². The van der Waals surface area contributed by atoms with Gasteiger partial charge in [-0.1, -0.05) is 18.2 Å². The first-order chi connectivity index (χ1) is 10.1. The number of carboxylic acid groups (broad SMARTS) is 1. The number of fused-ring (bicyclic) bond motifs is 1. The quantitative estimate of drug-likeness (QED) is 0.915. The normalized spacial score (nSPS) is 17.4. The average molecular weight is 282 g/mol. The first-order valence-corrected chi connectivity index (χ1v) is 7.15. The van der Waals surface area contributed by atoms with Crippen LogP contribution in [0.25, 0.3) is 0 Å². The Morgan fingerprint density at radius 2 is 2.10 bits per heavy atom. The van der Waals surface area contributed by atoms with E-state index in [1.807, 2.05) is 19.1 Å². The van der Waals surface area contributed by atoms with Gasteiger partial charge in [0, 0.05) is 17.4 Å². The minimum Gasteiger partial charge on any atom is -0.478 e. The van der Waals surface area contributed by atoms with Crippen LogP contribution in [0.3, 0.4) is 0 Å². The highest BCUT2D eigenvalue weighted by atomic mass is 16.4. The van der Waals surface area contributed by atoms with Gasteiger partial charge in [-0.05, 0) is 50.5 Å². The van der Waals surface area contributed by atoms with E-state index in [0.717, 1.165) is 24.2 Å². The number of pyridine rings is 1. The predicted molar refractivity (Wildman–Crippen MR) is 82.3 cm³/mol. The van der Waals surface area contributed by atoms with Crippen LogP contribution >= 0.6 is 0 Å². The van der Waals surface area contributed by atoms with Crippen molar-refractivity contribution in [3.63, 3.8) is 0 Å². The molecular formula is C17H18N2O2. The van der Waals surface area contributed by atoms with Crippen LogP contribution in [0, 0.1) is 6.92 Å². The molecule has 2 heterocycles. The molecule has 0 radical (unpaired) electrons. The number of rotatable bonds is 2. The van der Waals surface area contributed by atoms with Crippen LogP contribution < -0.4 is 4.90 Å². The number of carbonyl (C=O) groups is 1. The Morgan fingerprint density at radius 1 is 1.33 bits per heavy atom. The maximum atomic E-state index is 11.3. The number of para-hydroxylation sites is 1. The number of anilines is 2. The number of nitrogens with zero attached hydrogens (tertiary/aromatic N) is 2. The zero-order valence-corrected chi connectivity index (χ0v) is 12.2. The topological polar surface area (TPSA) is 53.4 Å². The Labute approximate surface area is 124 Å². The molecule has 1 N–H and O–H groups in total. The van der Waals surface area contributed by atoms with Gasteiger partial charge in [0.2, 0.25) is 0 Å². The zero-order chi connectivity index (χ0) is 15.0. The summed E-state index contributed by atoms with van der Waals surface area (Å²) in [6, 6.07) is 11.8. The molecule has 4 heteroatoms. The fourth-order valence-electron chi connectivity index (χ4n) is 2.94. The Bertz CT molecular complexity index is 697. The predicted octanol–water partition coefficient (Wildman–Crippen LogP) is 3.56. The van der Waals surface area contributed by atoms with Gasteiger partial charge in [-0.3, -0.25) is 0 Å². The van der Waals surface area contributed by atoms with Gasteiger partial charge in [-0.25, -0.2) is 9.78 Å². The van der Waals surface area contributed by atoms with Crippen molar-refractivity contribution >= 4 is 17.5 Å². The molecular weight excluding hydrogens is 264 g/mol. The molecule has 1 unspecified atom stereocenters. The third kappa shape index (κ3) is 2.49. The third-order valence-electron chi connectivity index (χ3n) is 3.96. The maximum Gasteiger partial charge on any atom is 0.335 e. The Hall–Kier alpha value is -2.36. The van der Waals surface area contributed by atoms with Crippen molar-refractivity contribution in [3.05, 3.63) is 53.2 Å². The molecule has 0 saturated heterocycles. The molecule has 0 amide bonds. The molecule has 1 aliphatic heterocycles. The summed E-state index contributed by atoms with van der Waals surface area (Å²) in [7, 11) is 0. The second kappa shape index (κ2) is 5.20. The van der Waals surface area contributed by atoms with E-state index in [1.54, 1.807) is 12.1 Å².